The third kappa shape index (κ3) is 3.43. The van der Waals surface area contributed by atoms with E-state index in [9.17, 15) is 0 Å². The van der Waals surface area contributed by atoms with Crippen LogP contribution in [-0.4, -0.2) is 4.43 Å². The van der Waals surface area contributed by atoms with Gasteiger partial charge in [-0.25, -0.2) is 0 Å². The van der Waals surface area contributed by atoms with Gasteiger partial charge in [-0.15, -0.1) is 0 Å². The number of halogens is 2. The van der Waals surface area contributed by atoms with Crippen molar-refractivity contribution in [3.8, 4) is 0 Å². The van der Waals surface area contributed by atoms with Crippen molar-refractivity contribution in [1.29, 1.82) is 0 Å². The van der Waals surface area contributed by atoms with E-state index in [-0.39, 0.29) is 0 Å². The van der Waals surface area contributed by atoms with Crippen molar-refractivity contribution in [2.45, 2.75) is 12.8 Å². The Kier molecular flexibility index (Phi) is 4.23. The molecule has 0 N–H and O–H groups in total. The van der Waals surface area contributed by atoms with E-state index in [1.807, 2.05) is 18.2 Å². The molecule has 0 spiro atoms. The molecule has 0 nitrogen and oxygen atoms in total. The molecule has 0 aromatic heterocycles. The minimum atomic E-state index is 0.843. The van der Waals surface area contributed by atoms with Crippen LogP contribution in [0.4, 0.5) is 0 Å². The van der Waals surface area contributed by atoms with E-state index in [0.717, 1.165) is 11.4 Å². The van der Waals surface area contributed by atoms with Crippen molar-refractivity contribution in [2.24, 2.45) is 0 Å². The van der Waals surface area contributed by atoms with Gasteiger partial charge in [0, 0.05) is 5.02 Å². The van der Waals surface area contributed by atoms with Crippen LogP contribution in [0.5, 0.6) is 0 Å². The maximum atomic E-state index is 5.82. The Morgan fingerprint density at radius 1 is 1.36 bits per heavy atom. The Labute approximate surface area is 86.1 Å². The molecule has 0 radical (unpaired) electrons. The molecule has 0 saturated heterocycles. The lowest BCUT2D eigenvalue weighted by Crippen LogP contribution is -1.84. The fourth-order valence-corrected chi connectivity index (χ4v) is 1.56. The van der Waals surface area contributed by atoms with E-state index >= 15 is 0 Å². The van der Waals surface area contributed by atoms with Crippen molar-refractivity contribution in [3.63, 3.8) is 0 Å². The van der Waals surface area contributed by atoms with Gasteiger partial charge in [0.05, 0.1) is 0 Å². The van der Waals surface area contributed by atoms with E-state index in [2.05, 4.69) is 28.7 Å². The topological polar surface area (TPSA) is 0 Å². The summed E-state index contributed by atoms with van der Waals surface area (Å²) >= 11 is 8.21. The summed E-state index contributed by atoms with van der Waals surface area (Å²) < 4.78 is 1.21. The number of hydrogen-bond donors (Lipinski definition) is 0. The van der Waals surface area contributed by atoms with Gasteiger partial charge in [0.15, 0.2) is 0 Å². The lowest BCUT2D eigenvalue weighted by molar-refractivity contribution is 0.946. The highest BCUT2D eigenvalue weighted by Crippen LogP contribution is 2.12. The van der Waals surface area contributed by atoms with Crippen molar-refractivity contribution < 1.29 is 0 Å². The quantitative estimate of drug-likeness (QED) is 0.585. The zero-order valence-corrected chi connectivity index (χ0v) is 9.10. The Morgan fingerprint density at radius 2 is 2.18 bits per heavy atom. The zero-order chi connectivity index (χ0) is 8.10. The maximum absolute atomic E-state index is 5.82. The summed E-state index contributed by atoms with van der Waals surface area (Å²) in [5.74, 6) is 0. The Bertz CT molecular complexity index is 223. The first-order valence-electron chi connectivity index (χ1n) is 3.63. The lowest BCUT2D eigenvalue weighted by Gasteiger charge is -1.98. The Balaban J connectivity index is 2.56. The molecule has 0 heterocycles. The predicted octanol–water partition coefficient (Wildman–Crippen LogP) is 3.71. The highest BCUT2D eigenvalue weighted by molar-refractivity contribution is 14.1. The molecule has 1 aromatic rings. The minimum Gasteiger partial charge on any atom is -0.0864 e. The van der Waals surface area contributed by atoms with Crippen LogP contribution in [0.15, 0.2) is 24.3 Å². The van der Waals surface area contributed by atoms with Gasteiger partial charge in [-0.2, -0.15) is 0 Å². The van der Waals surface area contributed by atoms with Crippen LogP contribution in [0.25, 0.3) is 0 Å². The second-order valence-electron chi connectivity index (χ2n) is 2.42. The van der Waals surface area contributed by atoms with Crippen LogP contribution in [0.3, 0.4) is 0 Å². The van der Waals surface area contributed by atoms with Crippen LogP contribution >= 0.6 is 34.2 Å². The standard InChI is InChI=1S/C9H10ClI/c10-9-5-1-3-8(7-9)4-2-6-11/h1,3,5,7H,2,4,6H2. The van der Waals surface area contributed by atoms with E-state index in [1.165, 1.54) is 16.4 Å². The molecule has 0 fully saturated rings. The monoisotopic (exact) mass is 280 g/mol. The van der Waals surface area contributed by atoms with E-state index < -0.39 is 0 Å². The summed E-state index contributed by atoms with van der Waals surface area (Å²) in [5.41, 5.74) is 1.34. The molecule has 0 amide bonds. The van der Waals surface area contributed by atoms with Gasteiger partial charge in [-0.3, -0.25) is 0 Å². The van der Waals surface area contributed by atoms with Gasteiger partial charge < -0.3 is 0 Å². The van der Waals surface area contributed by atoms with E-state index in [0.29, 0.717) is 0 Å². The molecule has 0 aliphatic carbocycles. The van der Waals surface area contributed by atoms with Crippen molar-refractivity contribution in [2.75, 3.05) is 4.43 Å². The number of hydrogen-bond acceptors (Lipinski definition) is 0. The number of alkyl halides is 1. The predicted molar refractivity (Wildman–Crippen MR) is 58.7 cm³/mol. The average molecular weight is 281 g/mol. The molecule has 0 aliphatic heterocycles. The SMILES string of the molecule is Clc1cccc(CCCI)c1. The van der Waals surface area contributed by atoms with Crippen LogP contribution in [0, 0.1) is 0 Å². The largest absolute Gasteiger partial charge is 0.0864 e. The molecule has 0 bridgehead atoms. The van der Waals surface area contributed by atoms with Crippen molar-refractivity contribution >= 4 is 34.2 Å². The smallest absolute Gasteiger partial charge is 0.0408 e. The van der Waals surface area contributed by atoms with Gasteiger partial charge >= 0.3 is 0 Å². The third-order valence-corrected chi connectivity index (χ3v) is 2.49. The van der Waals surface area contributed by atoms with Gasteiger partial charge in [-0.1, -0.05) is 46.3 Å². The molecule has 11 heavy (non-hydrogen) atoms. The van der Waals surface area contributed by atoms with Crippen LogP contribution < -0.4 is 0 Å². The molecule has 0 saturated carbocycles. The van der Waals surface area contributed by atoms with Crippen molar-refractivity contribution in [1.82, 2.24) is 0 Å². The van der Waals surface area contributed by atoms with Crippen LogP contribution in [-0.2, 0) is 6.42 Å². The molecular formula is C9H10ClI. The fourth-order valence-electron chi connectivity index (χ4n) is 0.963. The molecule has 60 valence electrons. The fraction of sp³-hybridized carbons (Fsp3) is 0.333. The molecular weight excluding hydrogens is 270 g/mol. The highest BCUT2D eigenvalue weighted by atomic mass is 127. The summed E-state index contributed by atoms with van der Waals surface area (Å²) in [7, 11) is 0. The molecule has 1 aromatic carbocycles. The molecule has 0 atom stereocenters. The van der Waals surface area contributed by atoms with E-state index in [1.54, 1.807) is 0 Å². The minimum absolute atomic E-state index is 0.843. The second kappa shape index (κ2) is 4.99. The van der Waals surface area contributed by atoms with Crippen LogP contribution in [0.1, 0.15) is 12.0 Å². The maximum Gasteiger partial charge on any atom is 0.0408 e. The second-order valence-corrected chi connectivity index (χ2v) is 3.94. The number of benzene rings is 1. The summed E-state index contributed by atoms with van der Waals surface area (Å²) in [5, 5.41) is 0.843. The summed E-state index contributed by atoms with van der Waals surface area (Å²) in [6.45, 7) is 0. The van der Waals surface area contributed by atoms with Crippen LogP contribution in [0.2, 0.25) is 5.02 Å². The summed E-state index contributed by atoms with van der Waals surface area (Å²) in [4.78, 5) is 0. The number of rotatable bonds is 3. The first kappa shape index (κ1) is 9.33. The lowest BCUT2D eigenvalue weighted by atomic mass is 10.1. The Hall–Kier alpha value is 0.240. The van der Waals surface area contributed by atoms with Crippen molar-refractivity contribution in [3.05, 3.63) is 34.9 Å². The summed E-state index contributed by atoms with van der Waals surface area (Å²) in [6, 6.07) is 8.08. The molecule has 1 rings (SSSR count). The first-order valence-corrected chi connectivity index (χ1v) is 5.53. The Morgan fingerprint density at radius 3 is 2.82 bits per heavy atom. The number of aryl methyl sites for hydroxylation is 1. The van der Waals surface area contributed by atoms with Gasteiger partial charge in [0.1, 0.15) is 0 Å². The zero-order valence-electron chi connectivity index (χ0n) is 6.19. The molecule has 2 heteroatoms. The van der Waals surface area contributed by atoms with Gasteiger partial charge in [0.2, 0.25) is 0 Å². The van der Waals surface area contributed by atoms with Gasteiger partial charge in [-0.05, 0) is 35.0 Å². The normalized spacial score (nSPS) is 10.0. The summed E-state index contributed by atoms with van der Waals surface area (Å²) in [6.07, 6.45) is 2.38. The highest BCUT2D eigenvalue weighted by Gasteiger charge is 1.92. The molecule has 0 unspecified atom stereocenters. The third-order valence-electron chi connectivity index (χ3n) is 1.49. The molecule has 0 aliphatic rings. The average Bonchev–Trinajstić information content (AvgIpc) is 2.01. The van der Waals surface area contributed by atoms with Gasteiger partial charge in [0.25, 0.3) is 0 Å². The first-order chi connectivity index (χ1) is 5.33. The van der Waals surface area contributed by atoms with E-state index in [4.69, 9.17) is 11.6 Å².